The van der Waals surface area contributed by atoms with Crippen LogP contribution in [-0.4, -0.2) is 31.3 Å². The Morgan fingerprint density at radius 2 is 2.13 bits per heavy atom. The first kappa shape index (κ1) is 12.3. The van der Waals surface area contributed by atoms with E-state index < -0.39 is 5.60 Å². The summed E-state index contributed by atoms with van der Waals surface area (Å²) in [6.45, 7) is 10.6. The lowest BCUT2D eigenvalue weighted by Gasteiger charge is -2.32. The molecule has 2 N–H and O–H groups in total. The summed E-state index contributed by atoms with van der Waals surface area (Å²) < 4.78 is 5.15. The number of nitrogens with one attached hydrogen (secondary N) is 2. The fourth-order valence-electron chi connectivity index (χ4n) is 1.44. The van der Waals surface area contributed by atoms with E-state index in [2.05, 4.69) is 17.6 Å². The molecular weight excluding hydrogens is 192 g/mol. The standard InChI is InChI=1S/C11H22N2O2/c1-8(9-6-12-7-9)5-13-10(14)15-11(2,3)4/h8-9,12H,5-7H2,1-4H3,(H,13,14). The van der Waals surface area contributed by atoms with Crippen LogP contribution in [0.2, 0.25) is 0 Å². The molecule has 1 amide bonds. The summed E-state index contributed by atoms with van der Waals surface area (Å²) in [6, 6.07) is 0. The molecule has 1 atom stereocenters. The van der Waals surface area contributed by atoms with Crippen molar-refractivity contribution in [2.45, 2.75) is 33.3 Å². The third-order valence-electron chi connectivity index (χ3n) is 2.59. The Kier molecular flexibility index (Phi) is 3.97. The number of rotatable bonds is 3. The van der Waals surface area contributed by atoms with Gasteiger partial charge in [0.1, 0.15) is 5.60 Å². The minimum absolute atomic E-state index is 0.318. The zero-order chi connectivity index (χ0) is 11.5. The van der Waals surface area contributed by atoms with Crippen LogP contribution in [0.5, 0.6) is 0 Å². The predicted octanol–water partition coefficient (Wildman–Crippen LogP) is 1.37. The van der Waals surface area contributed by atoms with Crippen LogP contribution in [0.25, 0.3) is 0 Å². The maximum Gasteiger partial charge on any atom is 0.407 e. The lowest BCUT2D eigenvalue weighted by molar-refractivity contribution is 0.0511. The molecule has 4 heteroatoms. The van der Waals surface area contributed by atoms with E-state index in [0.29, 0.717) is 18.4 Å². The van der Waals surface area contributed by atoms with Crippen LogP contribution in [0, 0.1) is 11.8 Å². The summed E-state index contributed by atoms with van der Waals surface area (Å²) >= 11 is 0. The monoisotopic (exact) mass is 214 g/mol. The van der Waals surface area contributed by atoms with Gasteiger partial charge in [-0.3, -0.25) is 0 Å². The second-order valence-electron chi connectivity index (χ2n) is 5.28. The molecule has 0 saturated carbocycles. The largest absolute Gasteiger partial charge is 0.444 e. The fourth-order valence-corrected chi connectivity index (χ4v) is 1.44. The first-order valence-electron chi connectivity index (χ1n) is 5.56. The molecule has 15 heavy (non-hydrogen) atoms. The average molecular weight is 214 g/mol. The summed E-state index contributed by atoms with van der Waals surface area (Å²) in [5, 5.41) is 6.02. The fraction of sp³-hybridized carbons (Fsp3) is 0.909. The highest BCUT2D eigenvalue weighted by molar-refractivity contribution is 5.67. The number of ether oxygens (including phenoxy) is 1. The van der Waals surface area contributed by atoms with Crippen molar-refractivity contribution >= 4 is 6.09 Å². The molecule has 1 aliphatic rings. The van der Waals surface area contributed by atoms with Gasteiger partial charge in [-0.25, -0.2) is 4.79 Å². The Morgan fingerprint density at radius 1 is 1.53 bits per heavy atom. The molecule has 4 nitrogen and oxygen atoms in total. The molecule has 0 aromatic rings. The molecule has 0 aromatic carbocycles. The van der Waals surface area contributed by atoms with Gasteiger partial charge in [0.25, 0.3) is 0 Å². The molecular formula is C11H22N2O2. The van der Waals surface area contributed by atoms with Crippen LogP contribution in [-0.2, 0) is 4.74 Å². The van der Waals surface area contributed by atoms with Crippen LogP contribution in [0.3, 0.4) is 0 Å². The number of carbonyl (C=O) groups is 1. The maximum absolute atomic E-state index is 11.3. The van der Waals surface area contributed by atoms with Crippen molar-refractivity contribution < 1.29 is 9.53 Å². The van der Waals surface area contributed by atoms with E-state index in [1.165, 1.54) is 0 Å². The topological polar surface area (TPSA) is 50.4 Å². The van der Waals surface area contributed by atoms with E-state index in [1.54, 1.807) is 0 Å². The van der Waals surface area contributed by atoms with Gasteiger partial charge in [0.15, 0.2) is 0 Å². The second-order valence-corrected chi connectivity index (χ2v) is 5.28. The zero-order valence-electron chi connectivity index (χ0n) is 10.1. The van der Waals surface area contributed by atoms with Gasteiger partial charge >= 0.3 is 6.09 Å². The SMILES string of the molecule is CC(CNC(=O)OC(C)(C)C)C1CNC1. The van der Waals surface area contributed by atoms with Crippen molar-refractivity contribution in [2.75, 3.05) is 19.6 Å². The van der Waals surface area contributed by atoms with E-state index in [4.69, 9.17) is 4.74 Å². The number of alkyl carbamates (subject to hydrolysis) is 1. The minimum Gasteiger partial charge on any atom is -0.444 e. The molecule has 1 saturated heterocycles. The normalized spacial score (nSPS) is 19.2. The van der Waals surface area contributed by atoms with Gasteiger partial charge in [-0.15, -0.1) is 0 Å². The average Bonchev–Trinajstić information content (AvgIpc) is 1.94. The quantitative estimate of drug-likeness (QED) is 0.746. The first-order chi connectivity index (χ1) is 6.88. The van der Waals surface area contributed by atoms with Crippen LogP contribution < -0.4 is 10.6 Å². The molecule has 0 radical (unpaired) electrons. The highest BCUT2D eigenvalue weighted by atomic mass is 16.6. The predicted molar refractivity (Wildman–Crippen MR) is 59.8 cm³/mol. The molecule has 1 heterocycles. The highest BCUT2D eigenvalue weighted by Gasteiger charge is 2.24. The van der Waals surface area contributed by atoms with Crippen LogP contribution in [0.15, 0.2) is 0 Å². The second kappa shape index (κ2) is 4.84. The van der Waals surface area contributed by atoms with Crippen molar-refractivity contribution in [3.63, 3.8) is 0 Å². The molecule has 88 valence electrons. The Hall–Kier alpha value is -0.770. The lowest BCUT2D eigenvalue weighted by atomic mass is 9.89. The van der Waals surface area contributed by atoms with Gasteiger partial charge in [0.05, 0.1) is 0 Å². The van der Waals surface area contributed by atoms with Gasteiger partial charge in [-0.2, -0.15) is 0 Å². The zero-order valence-corrected chi connectivity index (χ0v) is 10.1. The summed E-state index contributed by atoms with van der Waals surface area (Å²) in [6.07, 6.45) is -0.318. The molecule has 1 unspecified atom stereocenters. The summed E-state index contributed by atoms with van der Waals surface area (Å²) in [4.78, 5) is 11.3. The minimum atomic E-state index is -0.411. The van der Waals surface area contributed by atoms with Crippen molar-refractivity contribution in [2.24, 2.45) is 11.8 Å². The van der Waals surface area contributed by atoms with Crippen molar-refractivity contribution in [3.8, 4) is 0 Å². The van der Waals surface area contributed by atoms with Crippen molar-refractivity contribution in [1.82, 2.24) is 10.6 Å². The third-order valence-corrected chi connectivity index (χ3v) is 2.59. The molecule has 0 aromatic heterocycles. The first-order valence-corrected chi connectivity index (χ1v) is 5.56. The Labute approximate surface area is 91.8 Å². The number of hydrogen-bond acceptors (Lipinski definition) is 3. The summed E-state index contributed by atoms with van der Waals surface area (Å²) in [5.41, 5.74) is -0.411. The van der Waals surface area contributed by atoms with Gasteiger partial charge in [0.2, 0.25) is 0 Å². The van der Waals surface area contributed by atoms with Gasteiger partial charge in [0, 0.05) is 6.54 Å². The Balaban J connectivity index is 2.15. The summed E-state index contributed by atoms with van der Waals surface area (Å²) in [5.74, 6) is 1.21. The molecule has 1 rings (SSSR count). The molecule has 1 fully saturated rings. The highest BCUT2D eigenvalue weighted by Crippen LogP contribution is 2.15. The summed E-state index contributed by atoms with van der Waals surface area (Å²) in [7, 11) is 0. The molecule has 1 aliphatic heterocycles. The van der Waals surface area contributed by atoms with Gasteiger partial charge < -0.3 is 15.4 Å². The van der Waals surface area contributed by atoms with Gasteiger partial charge in [-0.05, 0) is 45.7 Å². The van der Waals surface area contributed by atoms with Crippen LogP contribution in [0.1, 0.15) is 27.7 Å². The molecule has 0 aliphatic carbocycles. The van der Waals surface area contributed by atoms with Crippen LogP contribution >= 0.6 is 0 Å². The number of hydrogen-bond donors (Lipinski definition) is 2. The van der Waals surface area contributed by atoms with E-state index in [9.17, 15) is 4.79 Å². The van der Waals surface area contributed by atoms with E-state index in [-0.39, 0.29) is 6.09 Å². The number of amides is 1. The molecule has 0 bridgehead atoms. The van der Waals surface area contributed by atoms with E-state index >= 15 is 0 Å². The van der Waals surface area contributed by atoms with Crippen molar-refractivity contribution in [3.05, 3.63) is 0 Å². The van der Waals surface area contributed by atoms with Crippen molar-refractivity contribution in [1.29, 1.82) is 0 Å². The van der Waals surface area contributed by atoms with Crippen LogP contribution in [0.4, 0.5) is 4.79 Å². The Bertz CT molecular complexity index is 219. The number of carbonyl (C=O) groups excluding carboxylic acids is 1. The smallest absolute Gasteiger partial charge is 0.407 e. The van der Waals surface area contributed by atoms with E-state index in [0.717, 1.165) is 13.1 Å². The maximum atomic E-state index is 11.3. The van der Waals surface area contributed by atoms with E-state index in [1.807, 2.05) is 20.8 Å². The Morgan fingerprint density at radius 3 is 2.53 bits per heavy atom. The van der Waals surface area contributed by atoms with Gasteiger partial charge in [-0.1, -0.05) is 6.92 Å². The third kappa shape index (κ3) is 4.51. The lowest BCUT2D eigenvalue weighted by Crippen LogP contribution is -2.48. The molecule has 0 spiro atoms.